The van der Waals surface area contributed by atoms with E-state index in [2.05, 4.69) is 10.0 Å². The van der Waals surface area contributed by atoms with Crippen LogP contribution in [0.15, 0.2) is 95.9 Å². The summed E-state index contributed by atoms with van der Waals surface area (Å²) >= 11 is 0. The van der Waals surface area contributed by atoms with Gasteiger partial charge < -0.3 is 5.32 Å². The minimum absolute atomic E-state index is 0.0594. The van der Waals surface area contributed by atoms with Crippen molar-refractivity contribution in [2.45, 2.75) is 30.4 Å². The average molecular weight is 578 g/mol. The first-order chi connectivity index (χ1) is 19.1. The Morgan fingerprint density at radius 1 is 0.850 bits per heavy atom. The summed E-state index contributed by atoms with van der Waals surface area (Å²) in [6.07, 6.45) is 0.834. The summed E-state index contributed by atoms with van der Waals surface area (Å²) in [5, 5.41) is 4.57. The first-order valence-corrected chi connectivity index (χ1v) is 16.1. The molecule has 4 aromatic carbocycles. The van der Waals surface area contributed by atoms with E-state index in [4.69, 9.17) is 0 Å². The van der Waals surface area contributed by atoms with Crippen molar-refractivity contribution in [1.29, 1.82) is 0 Å². The Labute approximate surface area is 235 Å². The molecule has 0 saturated carbocycles. The molecular formula is C30H31N3O5S2. The van der Waals surface area contributed by atoms with E-state index in [1.807, 2.05) is 55.5 Å². The van der Waals surface area contributed by atoms with E-state index in [0.717, 1.165) is 21.9 Å². The lowest BCUT2D eigenvalue weighted by Gasteiger charge is -2.30. The van der Waals surface area contributed by atoms with Crippen LogP contribution in [0.3, 0.4) is 0 Å². The number of benzene rings is 4. The predicted octanol–water partition coefficient (Wildman–Crippen LogP) is 5.13. The largest absolute Gasteiger partial charge is 0.326 e. The highest BCUT2D eigenvalue weighted by molar-refractivity contribution is 7.92. The Morgan fingerprint density at radius 3 is 2.25 bits per heavy atom. The van der Waals surface area contributed by atoms with E-state index in [1.54, 1.807) is 30.3 Å². The summed E-state index contributed by atoms with van der Waals surface area (Å²) in [7, 11) is -7.32. The van der Waals surface area contributed by atoms with Crippen LogP contribution in [0, 0.1) is 12.8 Å². The molecule has 4 aromatic rings. The molecule has 1 amide bonds. The number of fused-ring (bicyclic) bond motifs is 1. The quantitative estimate of drug-likeness (QED) is 0.302. The lowest BCUT2D eigenvalue weighted by atomic mass is 9.97. The van der Waals surface area contributed by atoms with Gasteiger partial charge in [0.15, 0.2) is 0 Å². The molecule has 0 unspecified atom stereocenters. The number of amides is 1. The smallest absolute Gasteiger partial charge is 0.261 e. The molecule has 1 aliphatic heterocycles. The van der Waals surface area contributed by atoms with Gasteiger partial charge in [-0.05, 0) is 61.0 Å². The number of nitrogens with zero attached hydrogens (tertiary/aromatic N) is 1. The van der Waals surface area contributed by atoms with Crippen LogP contribution < -0.4 is 10.0 Å². The van der Waals surface area contributed by atoms with Crippen LogP contribution in [-0.4, -0.2) is 40.1 Å². The fraction of sp³-hybridized carbons (Fsp3) is 0.233. The number of hydrogen-bond donors (Lipinski definition) is 2. The molecule has 1 fully saturated rings. The van der Waals surface area contributed by atoms with Gasteiger partial charge in [0.1, 0.15) is 0 Å². The molecule has 208 valence electrons. The van der Waals surface area contributed by atoms with Crippen LogP contribution in [0.25, 0.3) is 10.8 Å². The molecule has 1 heterocycles. The molecule has 0 aromatic heterocycles. The Balaban J connectivity index is 1.17. The zero-order valence-electron chi connectivity index (χ0n) is 22.1. The van der Waals surface area contributed by atoms with Gasteiger partial charge in [-0.2, -0.15) is 0 Å². The Morgan fingerprint density at radius 2 is 1.52 bits per heavy atom. The van der Waals surface area contributed by atoms with E-state index in [0.29, 0.717) is 24.2 Å². The van der Waals surface area contributed by atoms with Crippen molar-refractivity contribution in [2.24, 2.45) is 5.92 Å². The summed E-state index contributed by atoms with van der Waals surface area (Å²) < 4.78 is 55.9. The van der Waals surface area contributed by atoms with Crippen molar-refractivity contribution in [3.63, 3.8) is 0 Å². The molecule has 0 aliphatic carbocycles. The first kappa shape index (κ1) is 27.8. The van der Waals surface area contributed by atoms with Crippen LogP contribution in [0.1, 0.15) is 24.0 Å². The minimum Gasteiger partial charge on any atom is -0.326 e. The fourth-order valence-electron chi connectivity index (χ4n) is 4.98. The number of carbonyl (C=O) groups excluding carboxylic acids is 1. The Hall–Kier alpha value is -3.73. The Kier molecular flexibility index (Phi) is 7.93. The predicted molar refractivity (Wildman–Crippen MR) is 158 cm³/mol. The summed E-state index contributed by atoms with van der Waals surface area (Å²) in [6.45, 7) is 2.49. The second-order valence-corrected chi connectivity index (χ2v) is 13.7. The number of hydrogen-bond acceptors (Lipinski definition) is 5. The number of sulfonamides is 2. The molecule has 1 aliphatic rings. The van der Waals surface area contributed by atoms with Crippen LogP contribution in [0.4, 0.5) is 11.4 Å². The SMILES string of the molecule is Cc1cccc(CS(=O)(=O)N2CCC(C(=O)Nc3ccc(S(=O)(=O)Nc4cccc5ccccc45)cc3)CC2)c1. The van der Waals surface area contributed by atoms with Crippen molar-refractivity contribution in [2.75, 3.05) is 23.1 Å². The molecule has 0 bridgehead atoms. The second-order valence-electron chi connectivity index (χ2n) is 10.1. The van der Waals surface area contributed by atoms with Gasteiger partial charge in [0, 0.05) is 30.1 Å². The number of aryl methyl sites for hydroxylation is 1. The van der Waals surface area contributed by atoms with E-state index < -0.39 is 20.0 Å². The van der Waals surface area contributed by atoms with Gasteiger partial charge in [0.05, 0.1) is 16.3 Å². The normalized spacial score (nSPS) is 15.1. The summed E-state index contributed by atoms with van der Waals surface area (Å²) in [6, 6.07) is 26.4. The lowest BCUT2D eigenvalue weighted by molar-refractivity contribution is -0.120. The van der Waals surface area contributed by atoms with Gasteiger partial charge >= 0.3 is 0 Å². The fourth-order valence-corrected chi connectivity index (χ4v) is 7.61. The molecule has 0 spiro atoms. The van der Waals surface area contributed by atoms with Crippen LogP contribution in [0.2, 0.25) is 0 Å². The highest BCUT2D eigenvalue weighted by atomic mass is 32.2. The van der Waals surface area contributed by atoms with Crippen molar-refractivity contribution in [1.82, 2.24) is 4.31 Å². The zero-order valence-corrected chi connectivity index (χ0v) is 23.7. The van der Waals surface area contributed by atoms with Crippen LogP contribution >= 0.6 is 0 Å². The third kappa shape index (κ3) is 6.35. The number of anilines is 2. The van der Waals surface area contributed by atoms with Gasteiger partial charge in [0.25, 0.3) is 10.0 Å². The van der Waals surface area contributed by atoms with Crippen LogP contribution in [-0.2, 0) is 30.6 Å². The molecule has 5 rings (SSSR count). The van der Waals surface area contributed by atoms with Crippen LogP contribution in [0.5, 0.6) is 0 Å². The van der Waals surface area contributed by atoms with E-state index in [-0.39, 0.29) is 35.6 Å². The maximum Gasteiger partial charge on any atom is 0.261 e. The van der Waals surface area contributed by atoms with Gasteiger partial charge in [-0.25, -0.2) is 21.1 Å². The van der Waals surface area contributed by atoms with Crippen molar-refractivity contribution in [3.05, 3.63) is 102 Å². The topological polar surface area (TPSA) is 113 Å². The monoisotopic (exact) mass is 577 g/mol. The number of carbonyl (C=O) groups is 1. The molecule has 10 heteroatoms. The summed E-state index contributed by atoms with van der Waals surface area (Å²) in [4.78, 5) is 13.0. The lowest BCUT2D eigenvalue weighted by Crippen LogP contribution is -2.41. The molecule has 1 saturated heterocycles. The number of rotatable bonds is 8. The number of nitrogens with one attached hydrogen (secondary N) is 2. The highest BCUT2D eigenvalue weighted by Crippen LogP contribution is 2.27. The second kappa shape index (κ2) is 11.4. The Bertz CT molecular complexity index is 1740. The minimum atomic E-state index is -3.84. The maximum absolute atomic E-state index is 13.0. The third-order valence-corrected chi connectivity index (χ3v) is 10.3. The summed E-state index contributed by atoms with van der Waals surface area (Å²) in [5.41, 5.74) is 2.72. The number of piperidine rings is 1. The van der Waals surface area contributed by atoms with E-state index >= 15 is 0 Å². The molecule has 0 radical (unpaired) electrons. The van der Waals surface area contributed by atoms with Gasteiger partial charge in [-0.15, -0.1) is 0 Å². The molecule has 8 nitrogen and oxygen atoms in total. The van der Waals surface area contributed by atoms with Crippen molar-refractivity contribution in [3.8, 4) is 0 Å². The third-order valence-electron chi connectivity index (χ3n) is 7.12. The first-order valence-electron chi connectivity index (χ1n) is 13.1. The summed E-state index contributed by atoms with van der Waals surface area (Å²) in [5.74, 6) is -0.599. The van der Waals surface area contributed by atoms with Crippen molar-refractivity contribution < 1.29 is 21.6 Å². The van der Waals surface area contributed by atoms with Gasteiger partial charge in [-0.3, -0.25) is 9.52 Å². The highest BCUT2D eigenvalue weighted by Gasteiger charge is 2.31. The standard InChI is InChI=1S/C30H31N3O5S2/c1-22-6-4-7-23(20-22)21-39(35,36)33-18-16-25(17-19-33)30(34)31-26-12-14-27(15-13-26)40(37,38)32-29-11-5-9-24-8-2-3-10-28(24)29/h2-15,20,25,32H,16-19,21H2,1H3,(H,31,34). The zero-order chi connectivity index (χ0) is 28.3. The maximum atomic E-state index is 13.0. The molecular weight excluding hydrogens is 546 g/mol. The van der Waals surface area contributed by atoms with Gasteiger partial charge in [0.2, 0.25) is 15.9 Å². The van der Waals surface area contributed by atoms with Crippen molar-refractivity contribution >= 4 is 48.1 Å². The van der Waals surface area contributed by atoms with E-state index in [1.165, 1.54) is 16.4 Å². The molecule has 2 N–H and O–H groups in total. The van der Waals surface area contributed by atoms with E-state index in [9.17, 15) is 21.6 Å². The van der Waals surface area contributed by atoms with Gasteiger partial charge in [-0.1, -0.05) is 66.2 Å². The average Bonchev–Trinajstić information content (AvgIpc) is 2.93. The molecule has 0 atom stereocenters. The molecule has 40 heavy (non-hydrogen) atoms.